The van der Waals surface area contributed by atoms with Crippen LogP contribution in [-0.4, -0.2) is 56.4 Å². The van der Waals surface area contributed by atoms with Crippen LogP contribution in [-0.2, 0) is 4.74 Å². The lowest BCUT2D eigenvalue weighted by atomic mass is 10.1. The predicted molar refractivity (Wildman–Crippen MR) is 118 cm³/mol. The van der Waals surface area contributed by atoms with Crippen LogP contribution >= 0.6 is 0 Å². The summed E-state index contributed by atoms with van der Waals surface area (Å²) < 4.78 is 36.8. The Balaban J connectivity index is 1.49. The third-order valence-corrected chi connectivity index (χ3v) is 5.21. The molecule has 1 aliphatic heterocycles. The van der Waals surface area contributed by atoms with Crippen LogP contribution in [0.25, 0.3) is 10.9 Å². The van der Waals surface area contributed by atoms with Crippen LogP contribution in [0.4, 0.5) is 10.1 Å². The third-order valence-electron chi connectivity index (χ3n) is 5.21. The van der Waals surface area contributed by atoms with Crippen LogP contribution in [0.3, 0.4) is 0 Å². The van der Waals surface area contributed by atoms with E-state index >= 15 is 0 Å². The average Bonchev–Trinajstić information content (AvgIpc) is 2.83. The summed E-state index contributed by atoms with van der Waals surface area (Å²) >= 11 is 0. The molecule has 0 unspecified atom stereocenters. The van der Waals surface area contributed by atoms with Crippen LogP contribution in [0.15, 0.2) is 47.8 Å². The first-order valence-corrected chi connectivity index (χ1v) is 10.4. The number of fused-ring (bicyclic) bond motifs is 1. The molecule has 8 nitrogen and oxygen atoms in total. The van der Waals surface area contributed by atoms with E-state index in [1.807, 2.05) is 0 Å². The maximum Gasteiger partial charge on any atom is 0.167 e. The van der Waals surface area contributed by atoms with Gasteiger partial charge in [0.1, 0.15) is 11.4 Å². The first kappa shape index (κ1) is 21.9. The minimum absolute atomic E-state index is 0.00786. The molecule has 1 aliphatic rings. The van der Waals surface area contributed by atoms with Gasteiger partial charge in [-0.25, -0.2) is 4.39 Å². The van der Waals surface area contributed by atoms with Crippen LogP contribution < -0.4 is 14.2 Å². The maximum atomic E-state index is 14.2. The monoisotopic (exact) mass is 441 g/mol. The number of aromatic nitrogens is 1. The number of nitroso groups, excluding NO2 is 1. The fourth-order valence-electron chi connectivity index (χ4n) is 3.53. The van der Waals surface area contributed by atoms with E-state index in [1.165, 1.54) is 12.1 Å². The molecule has 2 heterocycles. The number of hydrogen-bond acceptors (Lipinski definition) is 8. The summed E-state index contributed by atoms with van der Waals surface area (Å²) in [5.41, 5.74) is 0.615. The van der Waals surface area contributed by atoms with Crippen molar-refractivity contribution in [3.63, 3.8) is 0 Å². The van der Waals surface area contributed by atoms with E-state index in [4.69, 9.17) is 18.9 Å². The van der Waals surface area contributed by atoms with Gasteiger partial charge in [0.15, 0.2) is 23.1 Å². The van der Waals surface area contributed by atoms with E-state index in [0.717, 1.165) is 45.3 Å². The molecule has 0 bridgehead atoms. The van der Waals surface area contributed by atoms with Gasteiger partial charge in [-0.05, 0) is 35.9 Å². The van der Waals surface area contributed by atoms with Gasteiger partial charge in [-0.1, -0.05) is 0 Å². The number of nitrogens with zero attached hydrogens (tertiary/aromatic N) is 3. The summed E-state index contributed by atoms with van der Waals surface area (Å²) in [6, 6.07) is 8.95. The van der Waals surface area contributed by atoms with Gasteiger partial charge in [0, 0.05) is 43.4 Å². The molecule has 0 saturated carbocycles. The quantitative estimate of drug-likeness (QED) is 0.352. The molecule has 32 heavy (non-hydrogen) atoms. The Bertz CT molecular complexity index is 1090. The van der Waals surface area contributed by atoms with Crippen molar-refractivity contribution in [3.8, 4) is 23.0 Å². The topological polar surface area (TPSA) is 82.5 Å². The molecular weight excluding hydrogens is 417 g/mol. The third kappa shape index (κ3) is 5.12. The molecule has 1 fully saturated rings. The van der Waals surface area contributed by atoms with E-state index < -0.39 is 5.82 Å². The molecule has 3 aromatic rings. The zero-order valence-corrected chi connectivity index (χ0v) is 17.8. The van der Waals surface area contributed by atoms with E-state index in [9.17, 15) is 9.30 Å². The molecule has 0 atom stereocenters. The van der Waals surface area contributed by atoms with E-state index in [1.54, 1.807) is 31.5 Å². The van der Waals surface area contributed by atoms with Crippen LogP contribution in [0.2, 0.25) is 0 Å². The van der Waals surface area contributed by atoms with Crippen molar-refractivity contribution < 1.29 is 23.3 Å². The summed E-state index contributed by atoms with van der Waals surface area (Å²) in [6.07, 6.45) is 2.45. The number of ether oxygens (including phenoxy) is 4. The highest BCUT2D eigenvalue weighted by Crippen LogP contribution is 2.38. The Morgan fingerprint density at radius 2 is 1.94 bits per heavy atom. The number of morpholine rings is 1. The molecule has 9 heteroatoms. The van der Waals surface area contributed by atoms with E-state index in [0.29, 0.717) is 34.8 Å². The van der Waals surface area contributed by atoms with Crippen LogP contribution in [0.1, 0.15) is 6.42 Å². The molecule has 0 spiro atoms. The van der Waals surface area contributed by atoms with Crippen molar-refractivity contribution in [2.45, 2.75) is 6.42 Å². The van der Waals surface area contributed by atoms with Gasteiger partial charge in [-0.15, -0.1) is 4.91 Å². The highest BCUT2D eigenvalue weighted by molar-refractivity contribution is 5.88. The maximum absolute atomic E-state index is 14.2. The van der Waals surface area contributed by atoms with Crippen molar-refractivity contribution in [2.75, 3.05) is 46.6 Å². The van der Waals surface area contributed by atoms with Crippen molar-refractivity contribution >= 4 is 16.6 Å². The Labute approximate surface area is 184 Å². The van der Waals surface area contributed by atoms with Gasteiger partial charge in [0.2, 0.25) is 0 Å². The van der Waals surface area contributed by atoms with E-state index in [2.05, 4.69) is 15.1 Å². The molecule has 4 rings (SSSR count). The normalized spacial score (nSPS) is 14.3. The highest BCUT2D eigenvalue weighted by Gasteiger charge is 2.15. The number of halogens is 1. The lowest BCUT2D eigenvalue weighted by Gasteiger charge is -2.26. The van der Waals surface area contributed by atoms with Crippen molar-refractivity contribution in [1.29, 1.82) is 0 Å². The number of methoxy groups -OCH3 is 1. The molecule has 168 valence electrons. The predicted octanol–water partition coefficient (Wildman–Crippen LogP) is 4.67. The van der Waals surface area contributed by atoms with Gasteiger partial charge in [-0.3, -0.25) is 9.88 Å². The van der Waals surface area contributed by atoms with Crippen LogP contribution in [0, 0.1) is 10.7 Å². The summed E-state index contributed by atoms with van der Waals surface area (Å²) in [7, 11) is 1.56. The SMILES string of the molecule is COc1cc2c(Oc3ccc(N=O)cc3F)ccnc2cc1OCCCN1CCOCC1. The Kier molecular flexibility index (Phi) is 7.08. The number of benzene rings is 2. The lowest BCUT2D eigenvalue weighted by Crippen LogP contribution is -2.37. The molecule has 0 radical (unpaired) electrons. The van der Waals surface area contributed by atoms with Gasteiger partial charge in [-0.2, -0.15) is 0 Å². The van der Waals surface area contributed by atoms with E-state index in [-0.39, 0.29) is 11.4 Å². The van der Waals surface area contributed by atoms with Gasteiger partial charge >= 0.3 is 0 Å². The molecular formula is C23H24FN3O5. The number of rotatable bonds is 9. The molecule has 2 aromatic carbocycles. The fraction of sp³-hybridized carbons (Fsp3) is 0.348. The number of hydrogen-bond donors (Lipinski definition) is 0. The molecule has 1 saturated heterocycles. The first-order valence-electron chi connectivity index (χ1n) is 10.4. The standard InChI is InChI=1S/C23H24FN3O5/c1-29-22-14-17-19(15-23(22)31-10-2-7-27-8-11-30-12-9-27)25-6-5-20(17)32-21-4-3-16(26-28)13-18(21)24/h3-6,13-15H,2,7-12H2,1H3. The Morgan fingerprint density at radius 1 is 1.09 bits per heavy atom. The zero-order valence-electron chi connectivity index (χ0n) is 17.8. The van der Waals surface area contributed by atoms with Gasteiger partial charge in [0.05, 0.1) is 32.4 Å². The molecule has 0 aliphatic carbocycles. The van der Waals surface area contributed by atoms with Crippen LogP contribution in [0.5, 0.6) is 23.0 Å². The van der Waals surface area contributed by atoms with Gasteiger partial charge in [0.25, 0.3) is 0 Å². The zero-order chi connectivity index (χ0) is 22.3. The van der Waals surface area contributed by atoms with Gasteiger partial charge < -0.3 is 18.9 Å². The summed E-state index contributed by atoms with van der Waals surface area (Å²) in [5.74, 6) is 0.811. The Hall–Kier alpha value is -3.30. The second-order valence-electron chi connectivity index (χ2n) is 7.29. The minimum atomic E-state index is -0.681. The lowest BCUT2D eigenvalue weighted by molar-refractivity contribution is 0.0357. The van der Waals surface area contributed by atoms with Crippen molar-refractivity contribution in [1.82, 2.24) is 9.88 Å². The molecule has 0 N–H and O–H groups in total. The Morgan fingerprint density at radius 3 is 2.69 bits per heavy atom. The van der Waals surface area contributed by atoms with Crippen molar-refractivity contribution in [2.24, 2.45) is 5.18 Å². The highest BCUT2D eigenvalue weighted by atomic mass is 19.1. The summed E-state index contributed by atoms with van der Waals surface area (Å²) in [6.45, 7) is 4.92. The van der Waals surface area contributed by atoms with Crippen molar-refractivity contribution in [3.05, 3.63) is 53.3 Å². The molecule has 0 amide bonds. The fourth-order valence-corrected chi connectivity index (χ4v) is 3.53. The summed E-state index contributed by atoms with van der Waals surface area (Å²) in [4.78, 5) is 17.3. The minimum Gasteiger partial charge on any atom is -0.493 e. The average molecular weight is 441 g/mol. The number of pyridine rings is 1. The largest absolute Gasteiger partial charge is 0.493 e. The second kappa shape index (κ2) is 10.3. The first-order chi connectivity index (χ1) is 15.7. The smallest absolute Gasteiger partial charge is 0.167 e. The second-order valence-corrected chi connectivity index (χ2v) is 7.29. The summed E-state index contributed by atoms with van der Waals surface area (Å²) in [5, 5.41) is 3.37. The molecule has 1 aromatic heterocycles.